The van der Waals surface area contributed by atoms with Crippen LogP contribution in [0, 0.1) is 6.92 Å². The fraction of sp³-hybridized carbons (Fsp3) is 0.174. The number of sulfonamides is 1. The van der Waals surface area contributed by atoms with Crippen LogP contribution in [-0.4, -0.2) is 34.0 Å². The molecule has 0 spiro atoms. The zero-order valence-corrected chi connectivity index (χ0v) is 18.6. The van der Waals surface area contributed by atoms with Gasteiger partial charge in [0.25, 0.3) is 10.0 Å². The van der Waals surface area contributed by atoms with Gasteiger partial charge in [-0.2, -0.15) is 0 Å². The number of aryl methyl sites for hydroxylation is 1. The van der Waals surface area contributed by atoms with Gasteiger partial charge in [0, 0.05) is 5.02 Å². The first-order chi connectivity index (χ1) is 14.9. The summed E-state index contributed by atoms with van der Waals surface area (Å²) in [4.78, 5) is 12.7. The number of benzene rings is 3. The third-order valence-corrected chi connectivity index (χ3v) is 6.51. The summed E-state index contributed by atoms with van der Waals surface area (Å²) in [5.41, 5.74) is 1.30. The van der Waals surface area contributed by atoms with Crippen molar-refractivity contribution >= 4 is 33.2 Å². The molecule has 0 saturated carbocycles. The van der Waals surface area contributed by atoms with Crippen LogP contribution in [0.1, 0.15) is 5.56 Å². The van der Waals surface area contributed by atoms with Gasteiger partial charge in [-0.25, -0.2) is 8.42 Å². The molecule has 0 aliphatic rings. The van der Waals surface area contributed by atoms with E-state index in [1.165, 1.54) is 18.2 Å². The van der Waals surface area contributed by atoms with E-state index in [1.54, 1.807) is 36.4 Å². The van der Waals surface area contributed by atoms with Crippen molar-refractivity contribution in [1.82, 2.24) is 5.32 Å². The van der Waals surface area contributed by atoms with E-state index in [0.717, 1.165) is 15.6 Å². The van der Waals surface area contributed by atoms with E-state index in [2.05, 4.69) is 5.32 Å². The molecule has 3 rings (SSSR count). The van der Waals surface area contributed by atoms with Crippen LogP contribution in [0.15, 0.2) is 83.8 Å². The number of amides is 1. The number of ether oxygens (including phenoxy) is 1. The molecule has 0 aliphatic carbocycles. The molecule has 162 valence electrons. The Balaban J connectivity index is 1.70. The van der Waals surface area contributed by atoms with Gasteiger partial charge in [-0.05, 0) is 48.9 Å². The third-order valence-electron chi connectivity index (χ3n) is 4.49. The first kappa shape index (κ1) is 22.7. The summed E-state index contributed by atoms with van der Waals surface area (Å²) >= 11 is 6.06. The topological polar surface area (TPSA) is 75.7 Å². The molecule has 0 radical (unpaired) electrons. The maximum atomic E-state index is 13.2. The molecule has 1 amide bonds. The fourth-order valence-corrected chi connectivity index (χ4v) is 4.54. The highest BCUT2D eigenvalue weighted by Crippen LogP contribution is 2.26. The van der Waals surface area contributed by atoms with E-state index in [4.69, 9.17) is 16.3 Å². The maximum Gasteiger partial charge on any atom is 0.264 e. The standard InChI is InChI=1S/C23H23ClN2O4S/c1-18-8-5-6-13-22(18)30-15-14-25-23(27)17-26(20-10-7-9-19(24)16-20)31(28,29)21-11-3-2-4-12-21/h2-13,16H,14-15,17H2,1H3,(H,25,27). The summed E-state index contributed by atoms with van der Waals surface area (Å²) in [6, 6.07) is 21.9. The average molecular weight is 459 g/mol. The third kappa shape index (κ3) is 5.99. The lowest BCUT2D eigenvalue weighted by atomic mass is 10.2. The molecular weight excluding hydrogens is 436 g/mol. The first-order valence-electron chi connectivity index (χ1n) is 9.66. The zero-order chi connectivity index (χ0) is 22.3. The number of nitrogens with zero attached hydrogens (tertiary/aromatic N) is 1. The molecule has 31 heavy (non-hydrogen) atoms. The van der Waals surface area contributed by atoms with Crippen molar-refractivity contribution in [2.24, 2.45) is 0 Å². The number of para-hydroxylation sites is 1. The molecule has 0 heterocycles. The number of carbonyl (C=O) groups is 1. The van der Waals surface area contributed by atoms with Gasteiger partial charge in [0.15, 0.2) is 0 Å². The summed E-state index contributed by atoms with van der Waals surface area (Å²) < 4.78 is 33.1. The predicted octanol–water partition coefficient (Wildman–Crippen LogP) is 4.04. The van der Waals surface area contributed by atoms with Crippen LogP contribution in [0.2, 0.25) is 5.02 Å². The molecule has 0 unspecified atom stereocenters. The molecule has 0 atom stereocenters. The highest BCUT2D eigenvalue weighted by Gasteiger charge is 2.27. The molecule has 0 aromatic heterocycles. The Morgan fingerprint density at radius 3 is 2.42 bits per heavy atom. The Hall–Kier alpha value is -3.03. The van der Waals surface area contributed by atoms with Crippen LogP contribution in [0.5, 0.6) is 5.75 Å². The number of anilines is 1. The molecular formula is C23H23ClN2O4S. The molecule has 6 nitrogen and oxygen atoms in total. The normalized spacial score (nSPS) is 11.0. The minimum absolute atomic E-state index is 0.0886. The number of nitrogens with one attached hydrogen (secondary N) is 1. The smallest absolute Gasteiger partial charge is 0.264 e. The predicted molar refractivity (Wildman–Crippen MR) is 122 cm³/mol. The summed E-state index contributed by atoms with van der Waals surface area (Å²) in [5.74, 6) is 0.289. The molecule has 3 aromatic rings. The van der Waals surface area contributed by atoms with Gasteiger partial charge >= 0.3 is 0 Å². The molecule has 0 saturated heterocycles. The highest BCUT2D eigenvalue weighted by molar-refractivity contribution is 7.92. The number of hydrogen-bond acceptors (Lipinski definition) is 4. The summed E-state index contributed by atoms with van der Waals surface area (Å²) in [6.45, 7) is 2.05. The number of hydrogen-bond donors (Lipinski definition) is 1. The highest BCUT2D eigenvalue weighted by atomic mass is 35.5. The van der Waals surface area contributed by atoms with Crippen molar-refractivity contribution in [1.29, 1.82) is 0 Å². The molecule has 0 bridgehead atoms. The Morgan fingerprint density at radius 1 is 1.00 bits per heavy atom. The van der Waals surface area contributed by atoms with E-state index in [-0.39, 0.29) is 24.6 Å². The average Bonchev–Trinajstić information content (AvgIpc) is 2.76. The van der Waals surface area contributed by atoms with Gasteiger partial charge in [0.2, 0.25) is 5.91 Å². The van der Waals surface area contributed by atoms with Gasteiger partial charge < -0.3 is 10.1 Å². The molecule has 0 fully saturated rings. The lowest BCUT2D eigenvalue weighted by Crippen LogP contribution is -2.41. The van der Waals surface area contributed by atoms with Crippen LogP contribution in [0.25, 0.3) is 0 Å². The van der Waals surface area contributed by atoms with Crippen LogP contribution in [0.3, 0.4) is 0 Å². The summed E-state index contributed by atoms with van der Waals surface area (Å²) in [6.07, 6.45) is 0. The quantitative estimate of drug-likeness (QED) is 0.491. The monoisotopic (exact) mass is 458 g/mol. The van der Waals surface area contributed by atoms with Gasteiger partial charge in [-0.3, -0.25) is 9.10 Å². The van der Waals surface area contributed by atoms with E-state index in [1.807, 2.05) is 31.2 Å². The van der Waals surface area contributed by atoms with Gasteiger partial charge in [0.05, 0.1) is 17.1 Å². The van der Waals surface area contributed by atoms with Gasteiger partial charge in [0.1, 0.15) is 18.9 Å². The van der Waals surface area contributed by atoms with Crippen LogP contribution >= 0.6 is 11.6 Å². The number of halogens is 1. The van der Waals surface area contributed by atoms with Crippen molar-refractivity contribution in [2.75, 3.05) is 24.0 Å². The maximum absolute atomic E-state index is 13.2. The molecule has 1 N–H and O–H groups in total. The Labute approximate surface area is 187 Å². The Morgan fingerprint density at radius 2 is 1.71 bits per heavy atom. The molecule has 8 heteroatoms. The van der Waals surface area contributed by atoms with E-state index in [9.17, 15) is 13.2 Å². The van der Waals surface area contributed by atoms with Crippen LogP contribution in [-0.2, 0) is 14.8 Å². The Kier molecular flexibility index (Phi) is 7.55. The Bertz CT molecular complexity index is 1140. The van der Waals surface area contributed by atoms with Crippen molar-refractivity contribution in [3.05, 3.63) is 89.4 Å². The van der Waals surface area contributed by atoms with Crippen molar-refractivity contribution in [3.8, 4) is 5.75 Å². The fourth-order valence-electron chi connectivity index (χ4n) is 2.92. The SMILES string of the molecule is Cc1ccccc1OCCNC(=O)CN(c1cccc(Cl)c1)S(=O)(=O)c1ccccc1. The van der Waals surface area contributed by atoms with E-state index in [0.29, 0.717) is 10.7 Å². The summed E-state index contributed by atoms with van der Waals surface area (Å²) in [5, 5.41) is 3.08. The van der Waals surface area contributed by atoms with Gasteiger partial charge in [-0.15, -0.1) is 0 Å². The van der Waals surface area contributed by atoms with Crippen LogP contribution in [0.4, 0.5) is 5.69 Å². The van der Waals surface area contributed by atoms with E-state index >= 15 is 0 Å². The van der Waals surface area contributed by atoms with Crippen molar-refractivity contribution < 1.29 is 17.9 Å². The molecule has 3 aromatic carbocycles. The second-order valence-electron chi connectivity index (χ2n) is 6.77. The van der Waals surface area contributed by atoms with E-state index < -0.39 is 15.9 Å². The van der Waals surface area contributed by atoms with Crippen molar-refractivity contribution in [2.45, 2.75) is 11.8 Å². The second-order valence-corrected chi connectivity index (χ2v) is 9.07. The molecule has 0 aliphatic heterocycles. The second kappa shape index (κ2) is 10.3. The zero-order valence-electron chi connectivity index (χ0n) is 17.0. The number of carbonyl (C=O) groups excluding carboxylic acids is 1. The summed E-state index contributed by atoms with van der Waals surface area (Å²) in [7, 11) is -3.96. The largest absolute Gasteiger partial charge is 0.491 e. The first-order valence-corrected chi connectivity index (χ1v) is 11.5. The minimum atomic E-state index is -3.96. The lowest BCUT2D eigenvalue weighted by molar-refractivity contribution is -0.119. The van der Waals surface area contributed by atoms with Crippen LogP contribution < -0.4 is 14.4 Å². The van der Waals surface area contributed by atoms with Crippen molar-refractivity contribution in [3.63, 3.8) is 0 Å². The lowest BCUT2D eigenvalue weighted by Gasteiger charge is -2.24. The minimum Gasteiger partial charge on any atom is -0.491 e. The van der Waals surface area contributed by atoms with Gasteiger partial charge in [-0.1, -0.05) is 54.1 Å². The number of rotatable bonds is 9.